The van der Waals surface area contributed by atoms with Crippen molar-refractivity contribution in [3.8, 4) is 11.4 Å². The number of hydrogen-bond donors (Lipinski definition) is 1. The van der Waals surface area contributed by atoms with Gasteiger partial charge in [-0.3, -0.25) is 0 Å². The number of nitrogens with zero attached hydrogens (tertiary/aromatic N) is 3. The molecule has 2 aromatic carbocycles. The Balaban J connectivity index is 2.23. The van der Waals surface area contributed by atoms with E-state index in [1.807, 2.05) is 43.3 Å². The topological polar surface area (TPSA) is 50.9 Å². The molecule has 0 saturated carbocycles. The summed E-state index contributed by atoms with van der Waals surface area (Å²) in [6.45, 7) is 3.98. The molecule has 0 aliphatic carbocycles. The van der Waals surface area contributed by atoms with Crippen LogP contribution < -0.4 is 0 Å². The minimum Gasteiger partial charge on any atom is -0.505 e. The summed E-state index contributed by atoms with van der Waals surface area (Å²) >= 11 is 0. The summed E-state index contributed by atoms with van der Waals surface area (Å²) in [5.74, 6) is 0.234. The minimum absolute atomic E-state index is 0.234. The molecule has 0 atom stereocenters. The second-order valence-corrected chi connectivity index (χ2v) is 4.61. The lowest BCUT2D eigenvalue weighted by molar-refractivity contribution is 0.463. The smallest absolute Gasteiger partial charge is 0.146 e. The third-order valence-electron chi connectivity index (χ3n) is 3.25. The first kappa shape index (κ1) is 11.7. The van der Waals surface area contributed by atoms with Crippen LogP contribution in [0.3, 0.4) is 0 Å². The van der Waals surface area contributed by atoms with E-state index in [2.05, 4.69) is 17.1 Å². The van der Waals surface area contributed by atoms with Gasteiger partial charge in [0.25, 0.3) is 0 Å². The first-order valence-corrected chi connectivity index (χ1v) is 6.34. The predicted molar refractivity (Wildman–Crippen MR) is 74.6 cm³/mol. The number of phenols is 1. The average molecular weight is 253 g/mol. The van der Waals surface area contributed by atoms with E-state index in [0.29, 0.717) is 5.69 Å². The van der Waals surface area contributed by atoms with Crippen molar-refractivity contribution in [1.82, 2.24) is 15.0 Å². The highest BCUT2D eigenvalue weighted by Gasteiger charge is 2.11. The van der Waals surface area contributed by atoms with Crippen LogP contribution in [0.1, 0.15) is 18.1 Å². The maximum absolute atomic E-state index is 10.2. The van der Waals surface area contributed by atoms with Crippen molar-refractivity contribution in [2.75, 3.05) is 0 Å². The number of benzene rings is 2. The second kappa shape index (κ2) is 4.39. The Bertz CT molecular complexity index is 713. The zero-order valence-corrected chi connectivity index (χ0v) is 11.0. The second-order valence-electron chi connectivity index (χ2n) is 4.61. The summed E-state index contributed by atoms with van der Waals surface area (Å²) in [6.07, 6.45) is 0.912. The van der Waals surface area contributed by atoms with Crippen molar-refractivity contribution in [3.63, 3.8) is 0 Å². The number of aryl methyl sites for hydroxylation is 2. The number of fused-ring (bicyclic) bond motifs is 1. The fourth-order valence-electron chi connectivity index (χ4n) is 2.16. The third kappa shape index (κ3) is 1.95. The predicted octanol–water partition coefficient (Wildman–Crippen LogP) is 3.00. The van der Waals surface area contributed by atoms with Gasteiger partial charge in [-0.25, -0.2) is 0 Å². The van der Waals surface area contributed by atoms with Crippen molar-refractivity contribution in [2.45, 2.75) is 20.3 Å². The van der Waals surface area contributed by atoms with Crippen LogP contribution in [0, 0.1) is 6.92 Å². The Morgan fingerprint density at radius 2 is 1.74 bits per heavy atom. The number of phenolic OH excluding ortho intramolecular Hbond substituents is 1. The number of hydrogen-bond acceptors (Lipinski definition) is 3. The zero-order valence-electron chi connectivity index (χ0n) is 11.0. The van der Waals surface area contributed by atoms with Gasteiger partial charge in [0.15, 0.2) is 0 Å². The van der Waals surface area contributed by atoms with Gasteiger partial charge < -0.3 is 5.11 Å². The van der Waals surface area contributed by atoms with Crippen molar-refractivity contribution in [2.24, 2.45) is 0 Å². The lowest BCUT2D eigenvalue weighted by Gasteiger charge is -2.08. The molecular weight excluding hydrogens is 238 g/mol. The van der Waals surface area contributed by atoms with Crippen LogP contribution in [-0.4, -0.2) is 20.1 Å². The van der Waals surface area contributed by atoms with Crippen LogP contribution in [0.15, 0.2) is 36.4 Å². The van der Waals surface area contributed by atoms with E-state index >= 15 is 0 Å². The van der Waals surface area contributed by atoms with Crippen molar-refractivity contribution >= 4 is 11.0 Å². The maximum Gasteiger partial charge on any atom is 0.146 e. The quantitative estimate of drug-likeness (QED) is 0.763. The fourth-order valence-corrected chi connectivity index (χ4v) is 2.16. The molecule has 1 heterocycles. The van der Waals surface area contributed by atoms with Crippen molar-refractivity contribution in [3.05, 3.63) is 47.5 Å². The van der Waals surface area contributed by atoms with E-state index in [1.165, 1.54) is 4.80 Å². The molecule has 3 rings (SSSR count). The summed E-state index contributed by atoms with van der Waals surface area (Å²) in [6, 6.07) is 11.6. The van der Waals surface area contributed by atoms with E-state index in [1.54, 1.807) is 0 Å². The SMILES string of the molecule is CCc1cc(C)c(O)c(-n2nc3ccccc3n2)c1. The molecule has 96 valence electrons. The summed E-state index contributed by atoms with van der Waals surface area (Å²) in [4.78, 5) is 1.51. The largest absolute Gasteiger partial charge is 0.505 e. The Hall–Kier alpha value is -2.36. The molecular formula is C15H15N3O. The molecule has 1 N–H and O–H groups in total. The molecule has 0 radical (unpaired) electrons. The van der Waals surface area contributed by atoms with Crippen LogP contribution >= 0.6 is 0 Å². The van der Waals surface area contributed by atoms with Gasteiger partial charge in [-0.05, 0) is 42.7 Å². The lowest BCUT2D eigenvalue weighted by Crippen LogP contribution is -2.01. The van der Waals surface area contributed by atoms with E-state index in [9.17, 15) is 5.11 Å². The van der Waals surface area contributed by atoms with Crippen LogP contribution in [-0.2, 0) is 6.42 Å². The third-order valence-corrected chi connectivity index (χ3v) is 3.25. The molecule has 0 bridgehead atoms. The molecule has 4 nitrogen and oxygen atoms in total. The monoisotopic (exact) mass is 253 g/mol. The molecule has 0 spiro atoms. The van der Waals surface area contributed by atoms with Gasteiger partial charge in [0.05, 0.1) is 0 Å². The Labute approximate surface area is 111 Å². The van der Waals surface area contributed by atoms with Gasteiger partial charge in [-0.1, -0.05) is 25.1 Å². The molecule has 0 fully saturated rings. The van der Waals surface area contributed by atoms with Crippen LogP contribution in [0.5, 0.6) is 5.75 Å². The summed E-state index contributed by atoms with van der Waals surface area (Å²) < 4.78 is 0. The van der Waals surface area contributed by atoms with Gasteiger partial charge in [0.2, 0.25) is 0 Å². The summed E-state index contributed by atoms with van der Waals surface area (Å²) in [7, 11) is 0. The molecule has 1 aromatic heterocycles. The Morgan fingerprint density at radius 3 is 2.32 bits per heavy atom. The van der Waals surface area contributed by atoms with Crippen LogP contribution in [0.4, 0.5) is 0 Å². The van der Waals surface area contributed by atoms with E-state index < -0.39 is 0 Å². The summed E-state index contributed by atoms with van der Waals surface area (Å²) in [5, 5.41) is 19.0. The van der Waals surface area contributed by atoms with Crippen molar-refractivity contribution < 1.29 is 5.11 Å². The lowest BCUT2D eigenvalue weighted by atomic mass is 10.1. The van der Waals surface area contributed by atoms with E-state index in [0.717, 1.165) is 28.6 Å². The van der Waals surface area contributed by atoms with Crippen LogP contribution in [0.2, 0.25) is 0 Å². The van der Waals surface area contributed by atoms with Gasteiger partial charge in [0, 0.05) is 0 Å². The number of aromatic hydroxyl groups is 1. The van der Waals surface area contributed by atoms with Gasteiger partial charge in [0.1, 0.15) is 22.5 Å². The molecule has 0 unspecified atom stereocenters. The van der Waals surface area contributed by atoms with Gasteiger partial charge in [-0.2, -0.15) is 0 Å². The Kier molecular flexibility index (Phi) is 2.71. The highest BCUT2D eigenvalue weighted by Crippen LogP contribution is 2.27. The molecule has 0 aliphatic rings. The first-order chi connectivity index (χ1) is 9.19. The molecule has 19 heavy (non-hydrogen) atoms. The molecule has 3 aromatic rings. The molecule has 0 saturated heterocycles. The minimum atomic E-state index is 0.234. The fraction of sp³-hybridized carbons (Fsp3) is 0.200. The standard InChI is InChI=1S/C15H15N3O/c1-3-11-8-10(2)15(19)14(9-11)18-16-12-6-4-5-7-13(12)17-18/h4-9,19H,3H2,1-2H3. The van der Waals surface area contributed by atoms with Gasteiger partial charge in [-0.15, -0.1) is 15.0 Å². The molecule has 0 amide bonds. The van der Waals surface area contributed by atoms with Crippen molar-refractivity contribution in [1.29, 1.82) is 0 Å². The zero-order chi connectivity index (χ0) is 13.4. The van der Waals surface area contributed by atoms with Gasteiger partial charge >= 0.3 is 0 Å². The summed E-state index contributed by atoms with van der Waals surface area (Å²) in [5.41, 5.74) is 4.28. The molecule has 0 aliphatic heterocycles. The molecule has 4 heteroatoms. The highest BCUT2D eigenvalue weighted by atomic mass is 16.3. The number of aromatic nitrogens is 3. The van der Waals surface area contributed by atoms with E-state index in [4.69, 9.17) is 0 Å². The number of rotatable bonds is 2. The Morgan fingerprint density at radius 1 is 1.11 bits per heavy atom. The average Bonchev–Trinajstić information content (AvgIpc) is 2.85. The normalized spacial score (nSPS) is 11.1. The van der Waals surface area contributed by atoms with Crippen LogP contribution in [0.25, 0.3) is 16.7 Å². The maximum atomic E-state index is 10.2. The van der Waals surface area contributed by atoms with E-state index in [-0.39, 0.29) is 5.75 Å². The highest BCUT2D eigenvalue weighted by molar-refractivity contribution is 5.73. The first-order valence-electron chi connectivity index (χ1n) is 6.34.